The molecule has 0 spiro atoms. The van der Waals surface area contributed by atoms with Crippen molar-refractivity contribution in [3.63, 3.8) is 0 Å². The summed E-state index contributed by atoms with van der Waals surface area (Å²) in [6.07, 6.45) is 4.57. The molecule has 0 aliphatic carbocycles. The van der Waals surface area contributed by atoms with E-state index in [0.717, 1.165) is 29.6 Å². The highest BCUT2D eigenvalue weighted by Crippen LogP contribution is 2.37. The van der Waals surface area contributed by atoms with Crippen LogP contribution in [-0.4, -0.2) is 34.6 Å². The van der Waals surface area contributed by atoms with Gasteiger partial charge in [-0.2, -0.15) is 11.8 Å². The van der Waals surface area contributed by atoms with Gasteiger partial charge in [-0.1, -0.05) is 12.1 Å². The van der Waals surface area contributed by atoms with Gasteiger partial charge >= 0.3 is 0 Å². The first kappa shape index (κ1) is 27.0. The zero-order valence-corrected chi connectivity index (χ0v) is 22.8. The zero-order chi connectivity index (χ0) is 27.2. The number of ether oxygens (including phenoxy) is 1. The van der Waals surface area contributed by atoms with Crippen LogP contribution < -0.4 is 19.8 Å². The molecule has 7 nitrogen and oxygen atoms in total. The molecule has 6 bridgehead atoms. The van der Waals surface area contributed by atoms with Crippen molar-refractivity contribution in [2.45, 2.75) is 23.5 Å². The second-order valence-electron chi connectivity index (χ2n) is 8.84. The predicted octanol–water partition coefficient (Wildman–Crippen LogP) is 7.52. The van der Waals surface area contributed by atoms with Gasteiger partial charge in [-0.25, -0.2) is 18.7 Å². The minimum Gasteiger partial charge on any atom is -0.494 e. The van der Waals surface area contributed by atoms with Gasteiger partial charge < -0.3 is 14.4 Å². The van der Waals surface area contributed by atoms with Crippen LogP contribution in [0, 0.1) is 11.6 Å². The molecule has 0 fully saturated rings. The van der Waals surface area contributed by atoms with E-state index in [4.69, 9.17) is 4.74 Å². The smallest absolute Gasteiger partial charge is 0.227 e. The van der Waals surface area contributed by atoms with Crippen molar-refractivity contribution >= 4 is 46.7 Å². The fourth-order valence-corrected chi connectivity index (χ4v) is 5.74. The lowest BCUT2D eigenvalue weighted by Gasteiger charge is -2.25. The van der Waals surface area contributed by atoms with E-state index in [0.29, 0.717) is 41.5 Å². The van der Waals surface area contributed by atoms with Crippen LogP contribution in [0.25, 0.3) is 11.3 Å². The van der Waals surface area contributed by atoms with E-state index < -0.39 is 11.6 Å². The molecule has 4 aromatic rings. The molecule has 5 rings (SSSR count). The third-order valence-corrected chi connectivity index (χ3v) is 7.78. The second-order valence-corrected chi connectivity index (χ2v) is 10.8. The Morgan fingerprint density at radius 1 is 1.08 bits per heavy atom. The zero-order valence-electron chi connectivity index (χ0n) is 21.2. The van der Waals surface area contributed by atoms with E-state index in [9.17, 15) is 9.60 Å². The first-order valence-electron chi connectivity index (χ1n) is 12.3. The number of aromatic nitrogens is 2. The highest BCUT2D eigenvalue weighted by atomic mass is 32.2. The Morgan fingerprint density at radius 3 is 2.79 bits per heavy atom. The first-order chi connectivity index (χ1) is 19.0. The number of thioether (sulfide) groups is 1. The Bertz CT molecular complexity index is 1460. The molecule has 0 saturated heterocycles. The topological polar surface area (TPSA) is 82.5 Å². The number of rotatable bonds is 5. The Balaban J connectivity index is 1.57. The molecule has 2 heterocycles. The Hall–Kier alpha value is -3.54. The lowest BCUT2D eigenvalue weighted by Crippen LogP contribution is -2.18. The maximum Gasteiger partial charge on any atom is 0.227 e. The lowest BCUT2D eigenvalue weighted by atomic mass is 10.1. The van der Waals surface area contributed by atoms with Crippen molar-refractivity contribution < 1.29 is 18.7 Å². The van der Waals surface area contributed by atoms with E-state index in [1.807, 2.05) is 36.6 Å². The molecule has 1 aromatic heterocycles. The molecular formula is C28H27F2N5O2S2. The number of nitrogens with zero attached hydrogens (tertiary/aromatic N) is 3. The van der Waals surface area contributed by atoms with E-state index in [1.165, 1.54) is 24.1 Å². The molecule has 0 amide bonds. The average Bonchev–Trinajstić information content (AvgIpc) is 2.93. The summed E-state index contributed by atoms with van der Waals surface area (Å²) >= 11 is 2.98. The predicted molar refractivity (Wildman–Crippen MR) is 154 cm³/mol. The summed E-state index contributed by atoms with van der Waals surface area (Å²) in [5.41, 5.74) is 5.25. The van der Waals surface area contributed by atoms with Crippen LogP contribution in [0.3, 0.4) is 0 Å². The van der Waals surface area contributed by atoms with E-state index in [1.54, 1.807) is 34.3 Å². The molecule has 11 heteroatoms. The number of halogens is 2. The number of fused-ring (bicyclic) bond motifs is 7. The minimum absolute atomic E-state index is 0.0555. The van der Waals surface area contributed by atoms with Gasteiger partial charge in [0.2, 0.25) is 5.95 Å². The van der Waals surface area contributed by atoms with Gasteiger partial charge in [0, 0.05) is 29.6 Å². The molecule has 0 atom stereocenters. The van der Waals surface area contributed by atoms with Gasteiger partial charge in [0.15, 0.2) is 5.82 Å². The minimum atomic E-state index is -0.617. The second kappa shape index (κ2) is 12.5. The maximum absolute atomic E-state index is 15.3. The summed E-state index contributed by atoms with van der Waals surface area (Å²) < 4.78 is 38.1. The molecule has 1 aliphatic heterocycles. The molecule has 0 radical (unpaired) electrons. The largest absolute Gasteiger partial charge is 0.494 e. The summed E-state index contributed by atoms with van der Waals surface area (Å²) in [5.74, 6) is 0.654. The fourth-order valence-electron chi connectivity index (χ4n) is 4.20. The third kappa shape index (κ3) is 6.55. The van der Waals surface area contributed by atoms with E-state index in [2.05, 4.69) is 20.8 Å². The molecule has 0 unspecified atom stereocenters. The van der Waals surface area contributed by atoms with Gasteiger partial charge in [-0.05, 0) is 79.1 Å². The standard InChI is InChI=1S/C28H27F2N5O2S2/c1-38-17-18-12-20-15-21(13-18)37-11-5-4-10-35(39-26-7-3-2-6-24(26)34-36)25-14-19(8-9-22(25)29)27-23(30)16-31-28(32-20)33-27/h2-3,6-9,12-16,34,36H,4-5,10-11,17H2,1H3,(H,31,32,33). The lowest BCUT2D eigenvalue weighted by molar-refractivity contribution is 0.308. The molecule has 1 aliphatic rings. The van der Waals surface area contributed by atoms with Crippen LogP contribution in [0.5, 0.6) is 5.75 Å². The Morgan fingerprint density at radius 2 is 1.95 bits per heavy atom. The van der Waals surface area contributed by atoms with Crippen molar-refractivity contribution in [2.75, 3.05) is 34.5 Å². The highest BCUT2D eigenvalue weighted by Gasteiger charge is 2.19. The number of anilines is 4. The molecule has 0 saturated carbocycles. The number of para-hydroxylation sites is 1. The van der Waals surface area contributed by atoms with Crippen molar-refractivity contribution in [3.8, 4) is 17.0 Å². The maximum atomic E-state index is 15.3. The van der Waals surface area contributed by atoms with Crippen molar-refractivity contribution in [1.82, 2.24) is 9.97 Å². The Labute approximate surface area is 234 Å². The number of benzene rings is 3. The summed E-state index contributed by atoms with van der Waals surface area (Å²) in [6, 6.07) is 17.5. The van der Waals surface area contributed by atoms with Crippen LogP contribution in [0.1, 0.15) is 18.4 Å². The summed E-state index contributed by atoms with van der Waals surface area (Å²) in [5, 5.41) is 12.7. The van der Waals surface area contributed by atoms with Crippen molar-refractivity contribution in [3.05, 3.63) is 84.1 Å². The van der Waals surface area contributed by atoms with Crippen LogP contribution in [0.15, 0.2) is 71.8 Å². The van der Waals surface area contributed by atoms with Crippen LogP contribution >= 0.6 is 23.7 Å². The molecule has 3 N–H and O–H groups in total. The molecular weight excluding hydrogens is 540 g/mol. The van der Waals surface area contributed by atoms with Crippen LogP contribution in [0.2, 0.25) is 0 Å². The van der Waals surface area contributed by atoms with Gasteiger partial charge in [0.05, 0.1) is 29.1 Å². The van der Waals surface area contributed by atoms with Crippen molar-refractivity contribution in [2.24, 2.45) is 0 Å². The van der Waals surface area contributed by atoms with Crippen molar-refractivity contribution in [1.29, 1.82) is 0 Å². The Kier molecular flexibility index (Phi) is 8.70. The molecule has 202 valence electrons. The van der Waals surface area contributed by atoms with Gasteiger partial charge in [-0.3, -0.25) is 10.7 Å². The number of hydrogen-bond acceptors (Lipinski definition) is 9. The summed E-state index contributed by atoms with van der Waals surface area (Å²) in [6.45, 7) is 0.958. The van der Waals surface area contributed by atoms with Gasteiger partial charge in [0.25, 0.3) is 0 Å². The van der Waals surface area contributed by atoms with Crippen LogP contribution in [0.4, 0.5) is 31.8 Å². The van der Waals surface area contributed by atoms with E-state index in [-0.39, 0.29) is 17.3 Å². The van der Waals surface area contributed by atoms with E-state index >= 15 is 4.39 Å². The summed E-state index contributed by atoms with van der Waals surface area (Å²) in [7, 11) is 0. The normalized spacial score (nSPS) is 13.4. The molecule has 3 aromatic carbocycles. The third-order valence-electron chi connectivity index (χ3n) is 6.01. The van der Waals surface area contributed by atoms with Gasteiger partial charge in [-0.15, -0.1) is 0 Å². The monoisotopic (exact) mass is 567 g/mol. The fraction of sp³-hybridized carbons (Fsp3) is 0.214. The molecule has 39 heavy (non-hydrogen) atoms. The summed E-state index contributed by atoms with van der Waals surface area (Å²) in [4.78, 5) is 9.26. The number of nitrogens with one attached hydrogen (secondary N) is 2. The SMILES string of the molecule is CSCc1cc2cc(c1)OCCCCN(Sc1ccccc1NO)c1cc(ccc1F)-c1nc(ncc1F)N2. The van der Waals surface area contributed by atoms with Gasteiger partial charge in [0.1, 0.15) is 17.3 Å². The number of hydrogen-bond donors (Lipinski definition) is 3. The first-order valence-corrected chi connectivity index (χ1v) is 14.5. The quantitative estimate of drug-likeness (QED) is 0.168. The average molecular weight is 568 g/mol. The highest BCUT2D eigenvalue weighted by molar-refractivity contribution is 8.00. The van der Waals surface area contributed by atoms with Crippen LogP contribution in [-0.2, 0) is 5.75 Å².